The van der Waals surface area contributed by atoms with Crippen LogP contribution in [-0.2, 0) is 29.0 Å². The van der Waals surface area contributed by atoms with E-state index in [0.717, 1.165) is 51.7 Å². The van der Waals surface area contributed by atoms with Crippen molar-refractivity contribution in [2.24, 2.45) is 0 Å². The number of carbonyl (C=O) groups excluding carboxylic acids is 2. The number of phenolic OH excluding ortho intramolecular Hbond substituents is 1. The molecule has 0 aromatic heterocycles. The number of hydrogen-bond acceptors (Lipinski definition) is 6. The van der Waals surface area contributed by atoms with Gasteiger partial charge < -0.3 is 14.6 Å². The maximum Gasteiger partial charge on any atom is 0.286 e. The molecule has 6 nitrogen and oxygen atoms in total. The number of phenols is 1. The molecule has 2 atom stereocenters. The van der Waals surface area contributed by atoms with Crippen molar-refractivity contribution in [3.63, 3.8) is 0 Å². The molecule has 2 aromatic rings. The molecule has 0 bridgehead atoms. The molecule has 0 spiro atoms. The number of imide groups is 1. The molecule has 31 heavy (non-hydrogen) atoms. The van der Waals surface area contributed by atoms with E-state index >= 15 is 0 Å². The third-order valence-corrected chi connectivity index (χ3v) is 7.30. The molecule has 2 heterocycles. The van der Waals surface area contributed by atoms with Gasteiger partial charge in [-0.15, -0.1) is 0 Å². The first kappa shape index (κ1) is 21.7. The first-order valence-corrected chi connectivity index (χ1v) is 11.2. The number of aromatic hydroxyl groups is 1. The average molecular weight is 442 g/mol. The number of carbonyl (C=O) groups is 2. The Labute approximate surface area is 186 Å². The lowest BCUT2D eigenvalue weighted by molar-refractivity contribution is -0.118. The van der Waals surface area contributed by atoms with Gasteiger partial charge in [0.25, 0.3) is 5.24 Å². The highest BCUT2D eigenvalue weighted by Gasteiger charge is 2.35. The van der Waals surface area contributed by atoms with E-state index < -0.39 is 5.60 Å². The Bertz CT molecular complexity index is 1050. The summed E-state index contributed by atoms with van der Waals surface area (Å²) in [6.07, 6.45) is 1.22. The van der Waals surface area contributed by atoms with E-state index in [4.69, 9.17) is 9.47 Å². The lowest BCUT2D eigenvalue weighted by Crippen LogP contribution is -2.41. The van der Waals surface area contributed by atoms with Crippen molar-refractivity contribution in [2.75, 3.05) is 6.61 Å². The van der Waals surface area contributed by atoms with Gasteiger partial charge in [-0.2, -0.15) is 0 Å². The second kappa shape index (κ2) is 8.20. The molecule has 164 valence electrons. The molecule has 2 aliphatic heterocycles. The smallest absolute Gasteiger partial charge is 0.286 e. The van der Waals surface area contributed by atoms with E-state index in [9.17, 15) is 14.7 Å². The quantitative estimate of drug-likeness (QED) is 0.726. The molecular formula is C24H27NO5S. The predicted molar refractivity (Wildman–Crippen MR) is 120 cm³/mol. The molecule has 1 saturated heterocycles. The minimum atomic E-state index is -0.467. The highest BCUT2D eigenvalue weighted by Crippen LogP contribution is 2.38. The van der Waals surface area contributed by atoms with Crippen LogP contribution in [0.2, 0.25) is 0 Å². The van der Waals surface area contributed by atoms with Crippen LogP contribution in [0, 0.1) is 20.8 Å². The Hall–Kier alpha value is -2.51. The minimum absolute atomic E-state index is 0.230. The molecule has 7 heteroatoms. The van der Waals surface area contributed by atoms with Gasteiger partial charge in [0.05, 0.1) is 11.9 Å². The van der Waals surface area contributed by atoms with Crippen LogP contribution < -0.4 is 10.1 Å². The van der Waals surface area contributed by atoms with E-state index in [2.05, 4.69) is 12.2 Å². The van der Waals surface area contributed by atoms with E-state index in [1.165, 1.54) is 5.56 Å². The van der Waals surface area contributed by atoms with Crippen molar-refractivity contribution in [3.8, 4) is 11.5 Å². The molecule has 2 N–H and O–H groups in total. The standard InChI is InChI=1S/C24H27NO5S/c1-13-14(2)21(26)15(3)19-11-30-24(4,10-18(13)19)12-29-17-7-5-16(6-8-17)9-20-22(27)25-23(28)31-20/h5-8,20,26H,9-12H2,1-4H3,(H,25,27,28). The van der Waals surface area contributed by atoms with Crippen LogP contribution in [0.15, 0.2) is 24.3 Å². The van der Waals surface area contributed by atoms with Gasteiger partial charge in [-0.1, -0.05) is 23.9 Å². The second-order valence-corrected chi connectivity index (χ2v) is 9.79. The lowest BCUT2D eigenvalue weighted by Gasteiger charge is -2.37. The van der Waals surface area contributed by atoms with Gasteiger partial charge in [-0.25, -0.2) is 0 Å². The van der Waals surface area contributed by atoms with Crippen molar-refractivity contribution in [2.45, 2.75) is 58.0 Å². The topological polar surface area (TPSA) is 84.9 Å². The van der Waals surface area contributed by atoms with Gasteiger partial charge in [0.2, 0.25) is 5.91 Å². The van der Waals surface area contributed by atoms with Crippen molar-refractivity contribution < 1.29 is 24.2 Å². The highest BCUT2D eigenvalue weighted by molar-refractivity contribution is 8.15. The van der Waals surface area contributed by atoms with Crippen LogP contribution in [0.25, 0.3) is 0 Å². The summed E-state index contributed by atoms with van der Waals surface area (Å²) in [4.78, 5) is 23.0. The summed E-state index contributed by atoms with van der Waals surface area (Å²) in [6, 6.07) is 7.61. The summed E-state index contributed by atoms with van der Waals surface area (Å²) in [7, 11) is 0. The zero-order chi connectivity index (χ0) is 22.3. The number of benzene rings is 2. The monoisotopic (exact) mass is 441 g/mol. The summed E-state index contributed by atoms with van der Waals surface area (Å²) >= 11 is 1.04. The number of hydrogen-bond donors (Lipinski definition) is 2. The zero-order valence-corrected chi connectivity index (χ0v) is 19.0. The molecule has 1 fully saturated rings. The summed E-state index contributed by atoms with van der Waals surface area (Å²) < 4.78 is 12.2. The van der Waals surface area contributed by atoms with Crippen LogP contribution in [0.1, 0.15) is 40.3 Å². The van der Waals surface area contributed by atoms with E-state index in [0.29, 0.717) is 25.4 Å². The molecule has 4 rings (SSSR count). The molecule has 0 aliphatic carbocycles. The van der Waals surface area contributed by atoms with Crippen molar-refractivity contribution in [1.29, 1.82) is 0 Å². The molecule has 2 amide bonds. The van der Waals surface area contributed by atoms with Crippen LogP contribution >= 0.6 is 11.8 Å². The van der Waals surface area contributed by atoms with Gasteiger partial charge in [0.15, 0.2) is 0 Å². The molecule has 0 radical (unpaired) electrons. The fraction of sp³-hybridized carbons (Fsp3) is 0.417. The Balaban J connectivity index is 1.41. The summed E-state index contributed by atoms with van der Waals surface area (Å²) in [5, 5.41) is 12.0. The van der Waals surface area contributed by atoms with Crippen LogP contribution in [0.5, 0.6) is 11.5 Å². The third kappa shape index (κ3) is 4.29. The molecule has 2 unspecified atom stereocenters. The van der Waals surface area contributed by atoms with Gasteiger partial charge in [-0.3, -0.25) is 14.9 Å². The largest absolute Gasteiger partial charge is 0.507 e. The van der Waals surface area contributed by atoms with Crippen LogP contribution in [0.3, 0.4) is 0 Å². The summed E-state index contributed by atoms with van der Waals surface area (Å²) in [5.74, 6) is 0.860. The van der Waals surface area contributed by atoms with Crippen molar-refractivity contribution >= 4 is 22.9 Å². The van der Waals surface area contributed by atoms with Crippen molar-refractivity contribution in [1.82, 2.24) is 5.32 Å². The zero-order valence-electron chi connectivity index (χ0n) is 18.2. The van der Waals surface area contributed by atoms with E-state index in [1.807, 2.05) is 45.0 Å². The van der Waals surface area contributed by atoms with E-state index in [1.54, 1.807) is 0 Å². The number of ether oxygens (including phenoxy) is 2. The molecule has 2 aromatic carbocycles. The predicted octanol–water partition coefficient (Wildman–Crippen LogP) is 4.12. The first-order chi connectivity index (χ1) is 14.7. The second-order valence-electron chi connectivity index (χ2n) is 8.62. The minimum Gasteiger partial charge on any atom is -0.507 e. The Morgan fingerprint density at radius 2 is 1.84 bits per heavy atom. The SMILES string of the molecule is Cc1c(C)c2c(c(C)c1O)COC(C)(COc1ccc(CC3SC(=O)NC3=O)cc1)C2. The number of thioether (sulfide) groups is 1. The van der Waals surface area contributed by atoms with Gasteiger partial charge >= 0.3 is 0 Å². The van der Waals surface area contributed by atoms with E-state index in [-0.39, 0.29) is 16.4 Å². The first-order valence-electron chi connectivity index (χ1n) is 10.3. The normalized spacial score (nSPS) is 22.9. The number of rotatable bonds is 5. The number of amides is 2. The Morgan fingerprint density at radius 3 is 2.48 bits per heavy atom. The Morgan fingerprint density at radius 1 is 1.13 bits per heavy atom. The molecule has 0 saturated carbocycles. The Kier molecular flexibility index (Phi) is 5.75. The molecular weight excluding hydrogens is 414 g/mol. The third-order valence-electron chi connectivity index (χ3n) is 6.31. The van der Waals surface area contributed by atoms with Gasteiger partial charge in [-0.05, 0) is 79.6 Å². The number of fused-ring (bicyclic) bond motifs is 1. The lowest BCUT2D eigenvalue weighted by atomic mass is 9.83. The van der Waals surface area contributed by atoms with Gasteiger partial charge in [0, 0.05) is 6.42 Å². The highest BCUT2D eigenvalue weighted by atomic mass is 32.2. The average Bonchev–Trinajstić information content (AvgIpc) is 3.06. The summed E-state index contributed by atoms with van der Waals surface area (Å²) in [6.45, 7) is 8.85. The van der Waals surface area contributed by atoms with Crippen LogP contribution in [-0.4, -0.2) is 33.7 Å². The van der Waals surface area contributed by atoms with Crippen LogP contribution in [0.4, 0.5) is 4.79 Å². The fourth-order valence-corrected chi connectivity index (χ4v) is 5.04. The molecule has 2 aliphatic rings. The van der Waals surface area contributed by atoms with Gasteiger partial charge in [0.1, 0.15) is 23.7 Å². The maximum absolute atomic E-state index is 11.7. The fourth-order valence-electron chi connectivity index (χ4n) is 4.18. The maximum atomic E-state index is 11.7. The van der Waals surface area contributed by atoms with Crippen molar-refractivity contribution in [3.05, 3.63) is 57.6 Å². The number of nitrogens with one attached hydrogen (secondary N) is 1. The summed E-state index contributed by atoms with van der Waals surface area (Å²) in [5.41, 5.74) is 5.76.